The van der Waals surface area contributed by atoms with Gasteiger partial charge in [-0.15, -0.1) is 0 Å². The number of nitrogens with zero attached hydrogens (tertiary/aromatic N) is 1. The van der Waals surface area contributed by atoms with E-state index in [1.54, 1.807) is 6.07 Å². The predicted molar refractivity (Wildman–Crippen MR) is 62.3 cm³/mol. The van der Waals surface area contributed by atoms with Gasteiger partial charge in [0.05, 0.1) is 0 Å². The fourth-order valence-corrected chi connectivity index (χ4v) is 2.41. The third-order valence-electron chi connectivity index (χ3n) is 3.45. The Morgan fingerprint density at radius 3 is 2.88 bits per heavy atom. The zero-order valence-electron chi connectivity index (χ0n) is 9.56. The minimum absolute atomic E-state index is 0.00968. The second-order valence-corrected chi connectivity index (χ2v) is 4.83. The van der Waals surface area contributed by atoms with Gasteiger partial charge in [-0.3, -0.25) is 4.90 Å². The molecule has 1 unspecified atom stereocenters. The van der Waals surface area contributed by atoms with E-state index >= 15 is 0 Å². The summed E-state index contributed by atoms with van der Waals surface area (Å²) in [5.41, 5.74) is 0. The summed E-state index contributed by atoms with van der Waals surface area (Å²) in [5, 5.41) is 12.0. The molecule has 0 amide bonds. The molecule has 1 atom stereocenters. The molecule has 1 aliphatic carbocycles. The molecule has 2 N–H and O–H groups in total. The van der Waals surface area contributed by atoms with E-state index in [4.69, 9.17) is 9.52 Å². The molecule has 92 valence electrons. The van der Waals surface area contributed by atoms with Gasteiger partial charge < -0.3 is 14.8 Å². The van der Waals surface area contributed by atoms with Crippen molar-refractivity contribution in [2.45, 2.75) is 31.3 Å². The van der Waals surface area contributed by atoms with Crippen LogP contribution in [0.4, 0.5) is 5.88 Å². The van der Waals surface area contributed by atoms with Crippen LogP contribution in [-0.4, -0.2) is 41.1 Å². The van der Waals surface area contributed by atoms with Crippen molar-refractivity contribution in [1.29, 1.82) is 0 Å². The molecule has 5 nitrogen and oxygen atoms in total. The first-order valence-electron chi connectivity index (χ1n) is 6.06. The van der Waals surface area contributed by atoms with E-state index in [0.717, 1.165) is 25.6 Å². The third-order valence-corrected chi connectivity index (χ3v) is 3.45. The van der Waals surface area contributed by atoms with Crippen molar-refractivity contribution in [2.24, 2.45) is 0 Å². The summed E-state index contributed by atoms with van der Waals surface area (Å²) >= 11 is 0. The molecule has 1 aromatic rings. The van der Waals surface area contributed by atoms with Gasteiger partial charge in [-0.2, -0.15) is 0 Å². The second kappa shape index (κ2) is 4.07. The van der Waals surface area contributed by atoms with Gasteiger partial charge in [0.1, 0.15) is 0 Å². The van der Waals surface area contributed by atoms with Gasteiger partial charge in [0.25, 0.3) is 0 Å². The summed E-state index contributed by atoms with van der Waals surface area (Å²) in [6.45, 7) is 2.17. The first kappa shape index (κ1) is 10.7. The smallest absolute Gasteiger partial charge is 0.371 e. The highest BCUT2D eigenvalue weighted by Gasteiger charge is 2.34. The number of hydrogen-bond acceptors (Lipinski definition) is 4. The van der Waals surface area contributed by atoms with Crippen LogP contribution in [0.1, 0.15) is 29.8 Å². The largest absolute Gasteiger partial charge is 0.475 e. The van der Waals surface area contributed by atoms with Crippen molar-refractivity contribution < 1.29 is 14.3 Å². The van der Waals surface area contributed by atoms with E-state index in [9.17, 15) is 4.79 Å². The highest BCUT2D eigenvalue weighted by Crippen LogP contribution is 2.30. The van der Waals surface area contributed by atoms with Crippen molar-refractivity contribution in [3.05, 3.63) is 17.9 Å². The Bertz CT molecular complexity index is 425. The Hall–Kier alpha value is -1.49. The number of likely N-dealkylation sites (tertiary alicyclic amines) is 1. The summed E-state index contributed by atoms with van der Waals surface area (Å²) < 4.78 is 5.19. The van der Waals surface area contributed by atoms with Gasteiger partial charge in [-0.05, 0) is 25.3 Å². The number of carboxylic acid groups (broad SMARTS) is 1. The lowest BCUT2D eigenvalue weighted by Crippen LogP contribution is -2.27. The Kier molecular flexibility index (Phi) is 2.55. The summed E-state index contributed by atoms with van der Waals surface area (Å²) in [7, 11) is 0. The van der Waals surface area contributed by atoms with Crippen LogP contribution in [0, 0.1) is 0 Å². The van der Waals surface area contributed by atoms with Crippen LogP contribution in [-0.2, 0) is 0 Å². The highest BCUT2D eigenvalue weighted by atomic mass is 16.4. The van der Waals surface area contributed by atoms with Gasteiger partial charge >= 0.3 is 5.97 Å². The van der Waals surface area contributed by atoms with Crippen LogP contribution in [0.3, 0.4) is 0 Å². The predicted octanol–water partition coefficient (Wildman–Crippen LogP) is 1.63. The summed E-state index contributed by atoms with van der Waals surface area (Å²) in [6.07, 6.45) is 3.76. The average Bonchev–Trinajstić information content (AvgIpc) is 2.87. The number of nitrogens with one attached hydrogen (secondary N) is 1. The number of anilines is 1. The van der Waals surface area contributed by atoms with E-state index in [1.807, 2.05) is 0 Å². The Balaban J connectivity index is 1.57. The topological polar surface area (TPSA) is 65.7 Å². The maximum absolute atomic E-state index is 10.7. The minimum Gasteiger partial charge on any atom is -0.475 e. The molecule has 2 aliphatic rings. The van der Waals surface area contributed by atoms with E-state index in [1.165, 1.54) is 18.9 Å². The second-order valence-electron chi connectivity index (χ2n) is 4.83. The van der Waals surface area contributed by atoms with Crippen LogP contribution in [0.2, 0.25) is 0 Å². The quantitative estimate of drug-likeness (QED) is 0.831. The van der Waals surface area contributed by atoms with Gasteiger partial charge in [0, 0.05) is 31.2 Å². The molecule has 17 heavy (non-hydrogen) atoms. The molecule has 3 rings (SSSR count). The Morgan fingerprint density at radius 2 is 2.24 bits per heavy atom. The van der Waals surface area contributed by atoms with Gasteiger partial charge in [-0.1, -0.05) is 0 Å². The van der Waals surface area contributed by atoms with E-state index in [0.29, 0.717) is 11.9 Å². The Morgan fingerprint density at radius 1 is 1.41 bits per heavy atom. The molecule has 0 bridgehead atoms. The van der Waals surface area contributed by atoms with E-state index < -0.39 is 5.97 Å². The first-order valence-corrected chi connectivity index (χ1v) is 6.06. The maximum Gasteiger partial charge on any atom is 0.371 e. The molecule has 0 radical (unpaired) electrons. The molecular formula is C12H16N2O3. The van der Waals surface area contributed by atoms with E-state index in [2.05, 4.69) is 10.2 Å². The highest BCUT2D eigenvalue weighted by molar-refractivity contribution is 5.84. The van der Waals surface area contributed by atoms with Crippen LogP contribution >= 0.6 is 0 Å². The zero-order valence-corrected chi connectivity index (χ0v) is 9.56. The number of rotatable bonds is 4. The van der Waals surface area contributed by atoms with Gasteiger partial charge in [-0.25, -0.2) is 4.79 Å². The molecule has 1 saturated carbocycles. The van der Waals surface area contributed by atoms with Crippen molar-refractivity contribution in [3.8, 4) is 0 Å². The fraction of sp³-hybridized carbons (Fsp3) is 0.583. The molecule has 1 saturated heterocycles. The van der Waals surface area contributed by atoms with Crippen molar-refractivity contribution in [3.63, 3.8) is 0 Å². The number of carbonyl (C=O) groups is 1. The molecule has 5 heteroatoms. The lowest BCUT2D eigenvalue weighted by molar-refractivity contribution is 0.0663. The molecule has 0 aromatic carbocycles. The van der Waals surface area contributed by atoms with Crippen LogP contribution < -0.4 is 5.32 Å². The lowest BCUT2D eigenvalue weighted by atomic mass is 10.3. The molecule has 0 spiro atoms. The van der Waals surface area contributed by atoms with Gasteiger partial charge in [0.15, 0.2) is 5.88 Å². The van der Waals surface area contributed by atoms with Crippen molar-refractivity contribution in [2.75, 3.05) is 18.4 Å². The zero-order chi connectivity index (χ0) is 11.8. The van der Waals surface area contributed by atoms with Crippen LogP contribution in [0.5, 0.6) is 0 Å². The summed E-state index contributed by atoms with van der Waals surface area (Å²) in [6, 6.07) is 4.35. The summed E-state index contributed by atoms with van der Waals surface area (Å²) in [5.74, 6) is -0.473. The number of furan rings is 1. The SMILES string of the molecule is O=C(O)c1ccc(NC2CCN(C3CC3)C2)o1. The number of hydrogen-bond donors (Lipinski definition) is 2. The number of carboxylic acids is 1. The Labute approximate surface area is 99.4 Å². The average molecular weight is 236 g/mol. The van der Waals surface area contributed by atoms with Gasteiger partial charge in [0.2, 0.25) is 5.76 Å². The first-order chi connectivity index (χ1) is 8.22. The van der Waals surface area contributed by atoms with Crippen LogP contribution in [0.25, 0.3) is 0 Å². The third kappa shape index (κ3) is 2.29. The molecular weight excluding hydrogens is 220 g/mol. The number of aromatic carboxylic acids is 1. The maximum atomic E-state index is 10.7. The van der Waals surface area contributed by atoms with Crippen molar-refractivity contribution in [1.82, 2.24) is 4.90 Å². The minimum atomic E-state index is -1.02. The monoisotopic (exact) mass is 236 g/mol. The van der Waals surface area contributed by atoms with Crippen molar-refractivity contribution >= 4 is 11.9 Å². The van der Waals surface area contributed by atoms with Crippen LogP contribution in [0.15, 0.2) is 16.5 Å². The fourth-order valence-electron chi connectivity index (χ4n) is 2.41. The standard InChI is InChI=1S/C12H16N2O3/c15-12(16)10-3-4-11(17-10)13-8-5-6-14(7-8)9-1-2-9/h3-4,8-9,13H,1-2,5-7H2,(H,15,16). The normalized spacial score (nSPS) is 25.1. The lowest BCUT2D eigenvalue weighted by Gasteiger charge is -2.15. The molecule has 1 aromatic heterocycles. The molecule has 2 heterocycles. The van der Waals surface area contributed by atoms with E-state index in [-0.39, 0.29) is 5.76 Å². The molecule has 2 fully saturated rings. The summed E-state index contributed by atoms with van der Waals surface area (Å²) in [4.78, 5) is 13.2. The molecule has 1 aliphatic heterocycles.